The quantitative estimate of drug-likeness (QED) is 0.790. The zero-order chi connectivity index (χ0) is 15.5. The Morgan fingerprint density at radius 1 is 1.32 bits per heavy atom. The molecule has 6 heteroatoms. The average molecular weight is 316 g/mol. The largest absolute Gasteiger partial charge is 0.440 e. The summed E-state index contributed by atoms with van der Waals surface area (Å²) in [4.78, 5) is 17.3. The maximum Gasteiger partial charge on any atom is 0.236 e. The number of nitrogens with zero attached hydrogens (tertiary/aromatic N) is 1. The Balaban J connectivity index is 1.70. The van der Waals surface area contributed by atoms with Gasteiger partial charge >= 0.3 is 0 Å². The van der Waals surface area contributed by atoms with Crippen LogP contribution in [-0.2, 0) is 11.2 Å². The monoisotopic (exact) mass is 316 g/mol. The zero-order valence-corrected chi connectivity index (χ0v) is 12.6. The van der Waals surface area contributed by atoms with Gasteiger partial charge in [0.15, 0.2) is 0 Å². The fourth-order valence-electron chi connectivity index (χ4n) is 1.99. The third-order valence-electron chi connectivity index (χ3n) is 3.08. The molecule has 22 heavy (non-hydrogen) atoms. The first kappa shape index (κ1) is 14.5. The minimum Gasteiger partial charge on any atom is -0.440 e. The average Bonchev–Trinajstić information content (AvgIpc) is 3.12. The van der Waals surface area contributed by atoms with Crippen LogP contribution in [0.1, 0.15) is 11.5 Å². The maximum absolute atomic E-state index is 12.8. The molecule has 1 amide bonds. The lowest BCUT2D eigenvalue weighted by molar-refractivity contribution is -0.115. The molecule has 0 unspecified atom stereocenters. The Morgan fingerprint density at radius 2 is 2.09 bits per heavy atom. The van der Waals surface area contributed by atoms with E-state index in [4.69, 9.17) is 4.42 Å². The van der Waals surface area contributed by atoms with Gasteiger partial charge in [0.05, 0.1) is 17.0 Å². The van der Waals surface area contributed by atoms with Crippen molar-refractivity contribution >= 4 is 22.9 Å². The fraction of sp³-hybridized carbons (Fsp3) is 0.125. The Morgan fingerprint density at radius 3 is 2.77 bits per heavy atom. The van der Waals surface area contributed by atoms with Crippen LogP contribution in [0.2, 0.25) is 0 Å². The summed E-state index contributed by atoms with van der Waals surface area (Å²) in [6.45, 7) is 1.78. The van der Waals surface area contributed by atoms with Gasteiger partial charge < -0.3 is 9.73 Å². The van der Waals surface area contributed by atoms with Gasteiger partial charge in [0, 0.05) is 5.69 Å². The molecule has 0 spiro atoms. The summed E-state index contributed by atoms with van der Waals surface area (Å²) >= 11 is 1.53. The molecule has 112 valence electrons. The van der Waals surface area contributed by atoms with E-state index < -0.39 is 0 Å². The lowest BCUT2D eigenvalue weighted by Gasteiger charge is -2.03. The van der Waals surface area contributed by atoms with Crippen molar-refractivity contribution in [1.29, 1.82) is 0 Å². The Bertz CT molecular complexity index is 779. The molecule has 2 heterocycles. The number of hydrogen-bond acceptors (Lipinski definition) is 4. The van der Waals surface area contributed by atoms with Gasteiger partial charge in [-0.3, -0.25) is 4.79 Å². The number of rotatable bonds is 4. The van der Waals surface area contributed by atoms with Gasteiger partial charge in [0.1, 0.15) is 11.6 Å². The molecule has 0 saturated carbocycles. The molecule has 0 fully saturated rings. The third-order valence-corrected chi connectivity index (χ3v) is 3.94. The number of aryl methyl sites for hydroxylation is 1. The van der Waals surface area contributed by atoms with Gasteiger partial charge in [-0.15, -0.1) is 11.3 Å². The number of benzene rings is 1. The molecule has 0 aliphatic carbocycles. The highest BCUT2D eigenvalue weighted by Crippen LogP contribution is 2.26. The molecule has 3 aromatic rings. The lowest BCUT2D eigenvalue weighted by Crippen LogP contribution is -2.15. The number of hydrogen-bond donors (Lipinski definition) is 1. The molecule has 0 radical (unpaired) electrons. The van der Waals surface area contributed by atoms with Crippen molar-refractivity contribution in [3.05, 3.63) is 59.0 Å². The molecule has 0 bridgehead atoms. The SMILES string of the molecule is Cc1oc(-c2cccs2)nc1CC(=O)Nc1ccc(F)cc1. The van der Waals surface area contributed by atoms with E-state index in [1.54, 1.807) is 6.92 Å². The van der Waals surface area contributed by atoms with Gasteiger partial charge in [0.2, 0.25) is 11.8 Å². The number of carbonyl (C=O) groups excluding carboxylic acids is 1. The molecule has 0 atom stereocenters. The summed E-state index contributed by atoms with van der Waals surface area (Å²) in [5, 5.41) is 4.64. The predicted molar refractivity (Wildman–Crippen MR) is 83.3 cm³/mol. The number of oxazole rings is 1. The summed E-state index contributed by atoms with van der Waals surface area (Å²) in [5.41, 5.74) is 1.15. The van der Waals surface area contributed by atoms with E-state index in [0.29, 0.717) is 23.0 Å². The van der Waals surface area contributed by atoms with Crippen molar-refractivity contribution in [3.63, 3.8) is 0 Å². The number of nitrogens with one attached hydrogen (secondary N) is 1. The second kappa shape index (κ2) is 6.11. The van der Waals surface area contributed by atoms with Crippen molar-refractivity contribution in [3.8, 4) is 10.8 Å². The number of halogens is 1. The van der Waals surface area contributed by atoms with Gasteiger partial charge in [-0.25, -0.2) is 9.37 Å². The van der Waals surface area contributed by atoms with Crippen molar-refractivity contribution in [2.45, 2.75) is 13.3 Å². The number of aromatic nitrogens is 1. The zero-order valence-electron chi connectivity index (χ0n) is 11.8. The first-order valence-corrected chi connectivity index (χ1v) is 7.55. The van der Waals surface area contributed by atoms with Gasteiger partial charge in [-0.05, 0) is 42.6 Å². The molecule has 1 N–H and O–H groups in total. The number of carbonyl (C=O) groups is 1. The van der Waals surface area contributed by atoms with E-state index in [0.717, 1.165) is 4.88 Å². The van der Waals surface area contributed by atoms with Crippen LogP contribution in [0.3, 0.4) is 0 Å². The molecule has 0 aliphatic heterocycles. The van der Waals surface area contributed by atoms with Crippen molar-refractivity contribution < 1.29 is 13.6 Å². The number of amides is 1. The molecule has 0 aliphatic rings. The maximum atomic E-state index is 12.8. The Labute approximate surface area is 130 Å². The van der Waals surface area contributed by atoms with E-state index in [1.807, 2.05) is 17.5 Å². The lowest BCUT2D eigenvalue weighted by atomic mass is 10.2. The van der Waals surface area contributed by atoms with Crippen LogP contribution in [0, 0.1) is 12.7 Å². The first-order valence-electron chi connectivity index (χ1n) is 6.67. The Hall–Kier alpha value is -2.47. The number of anilines is 1. The van der Waals surface area contributed by atoms with Crippen molar-refractivity contribution in [1.82, 2.24) is 4.98 Å². The van der Waals surface area contributed by atoms with Gasteiger partial charge in [0.25, 0.3) is 0 Å². The molecule has 0 saturated heterocycles. The highest BCUT2D eigenvalue weighted by atomic mass is 32.1. The van der Waals surface area contributed by atoms with Crippen LogP contribution in [0.25, 0.3) is 10.8 Å². The van der Waals surface area contributed by atoms with Crippen LogP contribution in [0.4, 0.5) is 10.1 Å². The summed E-state index contributed by atoms with van der Waals surface area (Å²) in [5.74, 6) is 0.585. The number of thiophene rings is 1. The van der Waals surface area contributed by atoms with E-state index in [2.05, 4.69) is 10.3 Å². The normalized spacial score (nSPS) is 10.6. The highest BCUT2D eigenvalue weighted by molar-refractivity contribution is 7.13. The van der Waals surface area contributed by atoms with Gasteiger partial charge in [-0.2, -0.15) is 0 Å². The van der Waals surface area contributed by atoms with Gasteiger partial charge in [-0.1, -0.05) is 6.07 Å². The summed E-state index contributed by atoms with van der Waals surface area (Å²) in [6.07, 6.45) is 0.109. The molecule has 4 nitrogen and oxygen atoms in total. The molecule has 2 aromatic heterocycles. The third kappa shape index (κ3) is 3.23. The highest BCUT2D eigenvalue weighted by Gasteiger charge is 2.15. The topological polar surface area (TPSA) is 55.1 Å². The minimum absolute atomic E-state index is 0.109. The predicted octanol–water partition coefficient (Wildman–Crippen LogP) is 4.03. The summed E-state index contributed by atoms with van der Waals surface area (Å²) in [7, 11) is 0. The first-order chi connectivity index (χ1) is 10.6. The van der Waals surface area contributed by atoms with Crippen LogP contribution in [0.5, 0.6) is 0 Å². The van der Waals surface area contributed by atoms with Crippen LogP contribution in [-0.4, -0.2) is 10.9 Å². The van der Waals surface area contributed by atoms with Crippen LogP contribution in [0.15, 0.2) is 46.2 Å². The molecular weight excluding hydrogens is 303 g/mol. The van der Waals surface area contributed by atoms with Crippen molar-refractivity contribution in [2.75, 3.05) is 5.32 Å². The summed E-state index contributed by atoms with van der Waals surface area (Å²) < 4.78 is 18.4. The van der Waals surface area contributed by atoms with E-state index in [1.165, 1.54) is 35.6 Å². The van der Waals surface area contributed by atoms with E-state index >= 15 is 0 Å². The minimum atomic E-state index is -0.342. The van der Waals surface area contributed by atoms with E-state index in [9.17, 15) is 9.18 Å². The Kier molecular flexibility index (Phi) is 4.02. The molecular formula is C16H13FN2O2S. The summed E-state index contributed by atoms with van der Waals surface area (Å²) in [6, 6.07) is 9.45. The second-order valence-corrected chi connectivity index (χ2v) is 5.68. The standard InChI is InChI=1S/C16H13FN2O2S/c1-10-13(19-16(21-10)14-3-2-8-22-14)9-15(20)18-12-6-4-11(17)5-7-12/h2-8H,9H2,1H3,(H,18,20). The second-order valence-electron chi connectivity index (χ2n) is 4.73. The van der Waals surface area contributed by atoms with Crippen molar-refractivity contribution in [2.24, 2.45) is 0 Å². The van der Waals surface area contributed by atoms with Crippen LogP contribution >= 0.6 is 11.3 Å². The smallest absolute Gasteiger partial charge is 0.236 e. The molecule has 1 aromatic carbocycles. The van der Waals surface area contributed by atoms with E-state index in [-0.39, 0.29) is 18.1 Å². The fourth-order valence-corrected chi connectivity index (χ4v) is 2.64. The molecule has 3 rings (SSSR count). The van der Waals surface area contributed by atoms with Crippen LogP contribution < -0.4 is 5.32 Å².